The van der Waals surface area contributed by atoms with Crippen LogP contribution in [0.15, 0.2) is 0 Å². The van der Waals surface area contributed by atoms with Gasteiger partial charge in [-0.1, -0.05) is 12.8 Å². The number of aliphatic hydroxyl groups is 1. The second-order valence-corrected chi connectivity index (χ2v) is 5.79. The molecule has 2 nitrogen and oxygen atoms in total. The normalized spacial score (nSPS) is 26.8. The van der Waals surface area contributed by atoms with Gasteiger partial charge in [0.1, 0.15) is 6.10 Å². The largest absolute Gasteiger partial charge is 0.386 e. The van der Waals surface area contributed by atoms with Gasteiger partial charge in [0.05, 0.1) is 0 Å². The number of hydrogen-bond donors (Lipinski definition) is 2. The summed E-state index contributed by atoms with van der Waals surface area (Å²) in [5.41, 5.74) is 0.583. The molecule has 0 saturated heterocycles. The van der Waals surface area contributed by atoms with Gasteiger partial charge in [0.25, 0.3) is 6.43 Å². The molecule has 2 aliphatic carbocycles. The summed E-state index contributed by atoms with van der Waals surface area (Å²) < 4.78 is 24.3. The van der Waals surface area contributed by atoms with Crippen molar-refractivity contribution in [1.29, 1.82) is 0 Å². The van der Waals surface area contributed by atoms with Gasteiger partial charge in [0.15, 0.2) is 0 Å². The van der Waals surface area contributed by atoms with Gasteiger partial charge in [0.2, 0.25) is 0 Å². The highest BCUT2D eigenvalue weighted by atomic mass is 19.3. The van der Waals surface area contributed by atoms with E-state index >= 15 is 0 Å². The molecule has 17 heavy (non-hydrogen) atoms. The number of hydrogen-bond acceptors (Lipinski definition) is 2. The smallest absolute Gasteiger partial charge is 0.265 e. The van der Waals surface area contributed by atoms with Crippen LogP contribution >= 0.6 is 0 Å². The first-order valence-electron chi connectivity index (χ1n) is 6.81. The zero-order chi connectivity index (χ0) is 12.3. The van der Waals surface area contributed by atoms with Crippen molar-refractivity contribution >= 4 is 0 Å². The second-order valence-electron chi connectivity index (χ2n) is 5.79. The number of aliphatic hydroxyl groups excluding tert-OH is 1. The van der Waals surface area contributed by atoms with Crippen LogP contribution < -0.4 is 5.32 Å². The fraction of sp³-hybridized carbons (Fsp3) is 1.00. The summed E-state index contributed by atoms with van der Waals surface area (Å²) >= 11 is 0. The van der Waals surface area contributed by atoms with Crippen molar-refractivity contribution in [2.75, 3.05) is 6.54 Å². The molecule has 0 aromatic rings. The van der Waals surface area contributed by atoms with Crippen molar-refractivity contribution in [3.05, 3.63) is 0 Å². The molecule has 0 aromatic heterocycles. The van der Waals surface area contributed by atoms with Gasteiger partial charge in [-0.25, -0.2) is 8.78 Å². The Labute approximate surface area is 102 Å². The lowest BCUT2D eigenvalue weighted by Gasteiger charge is -2.37. The van der Waals surface area contributed by atoms with Crippen molar-refractivity contribution in [3.63, 3.8) is 0 Å². The maximum Gasteiger partial charge on any atom is 0.265 e. The van der Waals surface area contributed by atoms with Crippen LogP contribution in [0, 0.1) is 5.41 Å². The van der Waals surface area contributed by atoms with Gasteiger partial charge in [-0.15, -0.1) is 0 Å². The quantitative estimate of drug-likeness (QED) is 0.800. The van der Waals surface area contributed by atoms with Gasteiger partial charge < -0.3 is 10.4 Å². The summed E-state index contributed by atoms with van der Waals surface area (Å²) in [6.07, 6.45) is 5.92. The third-order valence-corrected chi connectivity index (χ3v) is 4.62. The SMILES string of the molecule is OC(CNC1CCC2(CCCC2)CC1)C(F)F. The van der Waals surface area contributed by atoms with Crippen LogP contribution in [0.4, 0.5) is 8.78 Å². The molecule has 4 heteroatoms. The molecule has 2 rings (SSSR count). The summed E-state index contributed by atoms with van der Waals surface area (Å²) in [5.74, 6) is 0. The number of halogens is 2. The molecule has 0 aliphatic heterocycles. The number of nitrogens with one attached hydrogen (secondary N) is 1. The Morgan fingerprint density at radius 2 is 1.71 bits per heavy atom. The van der Waals surface area contributed by atoms with E-state index in [9.17, 15) is 8.78 Å². The maximum atomic E-state index is 12.1. The minimum atomic E-state index is -2.63. The first-order chi connectivity index (χ1) is 8.11. The Kier molecular flexibility index (Phi) is 4.36. The number of rotatable bonds is 4. The molecule has 1 spiro atoms. The van der Waals surface area contributed by atoms with Gasteiger partial charge >= 0.3 is 0 Å². The first kappa shape index (κ1) is 13.2. The molecular formula is C13H23F2NO. The summed E-state index contributed by atoms with van der Waals surface area (Å²) in [4.78, 5) is 0. The van der Waals surface area contributed by atoms with E-state index < -0.39 is 12.5 Å². The van der Waals surface area contributed by atoms with E-state index in [0.717, 1.165) is 12.8 Å². The van der Waals surface area contributed by atoms with Gasteiger partial charge in [-0.3, -0.25) is 0 Å². The fourth-order valence-electron chi connectivity index (χ4n) is 3.44. The van der Waals surface area contributed by atoms with E-state index in [2.05, 4.69) is 5.32 Å². The van der Waals surface area contributed by atoms with Crippen molar-refractivity contribution < 1.29 is 13.9 Å². The molecule has 0 radical (unpaired) electrons. The molecule has 100 valence electrons. The zero-order valence-corrected chi connectivity index (χ0v) is 10.3. The standard InChI is InChI=1S/C13H23F2NO/c14-12(15)11(17)9-16-10-3-7-13(8-4-10)5-1-2-6-13/h10-12,16-17H,1-9H2. The topological polar surface area (TPSA) is 32.3 Å². The van der Waals surface area contributed by atoms with E-state index in [1.165, 1.54) is 38.5 Å². The van der Waals surface area contributed by atoms with Crippen LogP contribution in [-0.4, -0.2) is 30.2 Å². The third kappa shape index (κ3) is 3.38. The molecule has 0 bridgehead atoms. The number of alkyl halides is 2. The average molecular weight is 247 g/mol. The summed E-state index contributed by atoms with van der Waals surface area (Å²) in [6.45, 7) is 0.0231. The molecule has 2 fully saturated rings. The lowest BCUT2D eigenvalue weighted by atomic mass is 9.71. The predicted molar refractivity (Wildman–Crippen MR) is 63.2 cm³/mol. The Morgan fingerprint density at radius 1 is 1.12 bits per heavy atom. The first-order valence-corrected chi connectivity index (χ1v) is 6.81. The highest BCUT2D eigenvalue weighted by Gasteiger charge is 2.37. The fourth-order valence-corrected chi connectivity index (χ4v) is 3.44. The third-order valence-electron chi connectivity index (χ3n) is 4.62. The van der Waals surface area contributed by atoms with E-state index in [4.69, 9.17) is 5.11 Å². The highest BCUT2D eigenvalue weighted by Crippen LogP contribution is 2.48. The lowest BCUT2D eigenvalue weighted by molar-refractivity contribution is -0.00604. The molecule has 1 atom stereocenters. The van der Waals surface area contributed by atoms with E-state index in [-0.39, 0.29) is 6.54 Å². The highest BCUT2D eigenvalue weighted by molar-refractivity contribution is 4.91. The monoisotopic (exact) mass is 247 g/mol. The predicted octanol–water partition coefficient (Wildman–Crippen LogP) is 2.71. The summed E-state index contributed by atoms with van der Waals surface area (Å²) in [5, 5.41) is 12.1. The Bertz CT molecular complexity index is 229. The van der Waals surface area contributed by atoms with Crippen molar-refractivity contribution in [2.45, 2.75) is 69.9 Å². The molecule has 0 aromatic carbocycles. The van der Waals surface area contributed by atoms with Gasteiger partial charge in [-0.05, 0) is 43.9 Å². The van der Waals surface area contributed by atoms with Crippen molar-refractivity contribution in [1.82, 2.24) is 5.32 Å². The Balaban J connectivity index is 1.68. The second kappa shape index (κ2) is 5.61. The van der Waals surface area contributed by atoms with Crippen molar-refractivity contribution in [3.8, 4) is 0 Å². The Hall–Kier alpha value is -0.220. The summed E-state index contributed by atoms with van der Waals surface area (Å²) in [6, 6.07) is 0.328. The van der Waals surface area contributed by atoms with Gasteiger partial charge in [-0.2, -0.15) is 0 Å². The maximum absolute atomic E-state index is 12.1. The van der Waals surface area contributed by atoms with Crippen LogP contribution in [-0.2, 0) is 0 Å². The lowest BCUT2D eigenvalue weighted by Crippen LogP contribution is -2.41. The van der Waals surface area contributed by atoms with Crippen LogP contribution in [0.5, 0.6) is 0 Å². The Morgan fingerprint density at radius 3 is 2.24 bits per heavy atom. The van der Waals surface area contributed by atoms with Crippen molar-refractivity contribution in [2.24, 2.45) is 5.41 Å². The molecular weight excluding hydrogens is 224 g/mol. The van der Waals surface area contributed by atoms with E-state index in [0.29, 0.717) is 11.5 Å². The average Bonchev–Trinajstić information content (AvgIpc) is 2.76. The van der Waals surface area contributed by atoms with E-state index in [1.54, 1.807) is 0 Å². The summed E-state index contributed by atoms with van der Waals surface area (Å²) in [7, 11) is 0. The molecule has 2 N–H and O–H groups in total. The van der Waals surface area contributed by atoms with Gasteiger partial charge in [0, 0.05) is 12.6 Å². The van der Waals surface area contributed by atoms with Crippen LogP contribution in [0.2, 0.25) is 0 Å². The zero-order valence-electron chi connectivity index (χ0n) is 10.3. The van der Waals surface area contributed by atoms with Crippen LogP contribution in [0.25, 0.3) is 0 Å². The molecule has 1 unspecified atom stereocenters. The minimum Gasteiger partial charge on any atom is -0.386 e. The van der Waals surface area contributed by atoms with E-state index in [1.807, 2.05) is 0 Å². The molecule has 2 saturated carbocycles. The van der Waals surface area contributed by atoms with Crippen LogP contribution in [0.1, 0.15) is 51.4 Å². The van der Waals surface area contributed by atoms with Crippen LogP contribution in [0.3, 0.4) is 0 Å². The molecule has 0 amide bonds. The molecule has 2 aliphatic rings. The molecule has 0 heterocycles. The minimum absolute atomic E-state index is 0.0231.